The van der Waals surface area contributed by atoms with Crippen molar-refractivity contribution in [2.45, 2.75) is 294 Å². The molecule has 11 N–H and O–H groups in total. The predicted molar refractivity (Wildman–Crippen MR) is 324 cm³/mol. The highest BCUT2D eigenvalue weighted by atomic mass is 16.7. The highest BCUT2D eigenvalue weighted by Crippen LogP contribution is 2.39. The Hall–Kier alpha value is -3.35. The maximum absolute atomic E-state index is 12.9. The number of allylic oxidation sites excluding steroid dienone is 2. The molecule has 0 aromatic rings. The average molecular weight is 1250 g/mol. The summed E-state index contributed by atoms with van der Waals surface area (Å²) in [6.07, 6.45) is -0.340. The molecule has 0 aromatic heterocycles. The minimum Gasteiger partial charge on any atom is -0.468 e. The molecule has 6 rings (SSSR count). The number of aldehydes is 1. The molecule has 2 saturated carbocycles. The molecule has 2 amide bonds. The first kappa shape index (κ1) is 76.1. The van der Waals surface area contributed by atoms with Gasteiger partial charge in [-0.3, -0.25) is 0 Å². The van der Waals surface area contributed by atoms with E-state index in [0.717, 1.165) is 61.4 Å². The lowest BCUT2D eigenvalue weighted by atomic mass is 9.80. The van der Waals surface area contributed by atoms with Crippen LogP contribution in [0.15, 0.2) is 23.7 Å². The van der Waals surface area contributed by atoms with E-state index < -0.39 is 121 Å². The smallest absolute Gasteiger partial charge is 0.410 e. The normalized spacial score (nSPS) is 38.1. The van der Waals surface area contributed by atoms with Gasteiger partial charge in [0.15, 0.2) is 12.6 Å². The number of rotatable bonds is 20. The summed E-state index contributed by atoms with van der Waals surface area (Å²) in [7, 11) is 6.47. The number of aliphatic hydroxyl groups is 6. The number of unbranched alkanes of at least 4 members (excludes halogenated alkanes) is 2. The van der Waals surface area contributed by atoms with Gasteiger partial charge in [0, 0.05) is 45.4 Å². The summed E-state index contributed by atoms with van der Waals surface area (Å²) < 4.78 is 59.9. The Morgan fingerprint density at radius 2 is 1.05 bits per heavy atom. The van der Waals surface area contributed by atoms with E-state index in [-0.39, 0.29) is 49.2 Å². The van der Waals surface area contributed by atoms with Gasteiger partial charge in [0.1, 0.15) is 65.3 Å². The number of carbonyl (C=O) groups excluding carboxylic acids is 3. The molecular formula is C62H114N6O19. The number of carbonyl (C=O) groups is 3. The predicted octanol–water partition coefficient (Wildman–Crippen LogP) is 4.05. The zero-order valence-electron chi connectivity index (χ0n) is 55.4. The lowest BCUT2D eigenvalue weighted by molar-refractivity contribution is -0.313. The standard InChI is InChI=1S/C31H57N3O9.C27H49N3O9.C4H8O/c1-10-12-15-33-20-14-13-19(11-2)40-27(20)41-24-18(3)16-21(32-8)25(22(24)35)42-28-23(36)26(31(7,38)17-39-28)34(9)29(37)43-30(4,5)6;1-9-15-10-11-16(28)23(36-15)37-20-14(2)12-17(29-7)21(18(20)31)38-24-19(32)22(27(6,34)13-35-24)30(8)25(33)39-26(3,4)5;1-2-3-4-5/h13,18,20-28,32-33,35-36,38H,10-12,14-17H2,1-9H3;10,14,16-24,29,31-32,34H,9,11-13,28H2,1-8H3;4H,2-3H2,1H3/t18-,20+,21+,22-,23+,24?,25-,26+,27+,28+,31-;14-,16+,17+,18-,19+,20?,21-,22+,23+,24+,27-;/m00./s1. The fourth-order valence-corrected chi connectivity index (χ4v) is 11.9. The summed E-state index contributed by atoms with van der Waals surface area (Å²) in [5, 5.41) is 78.0. The van der Waals surface area contributed by atoms with Gasteiger partial charge in [-0.25, -0.2) is 9.59 Å². The number of likely N-dealkylation sites (N-methyl/N-ethyl adjacent to an activating group) is 4. The highest BCUT2D eigenvalue weighted by Gasteiger charge is 2.56. The van der Waals surface area contributed by atoms with E-state index in [4.69, 9.17) is 53.1 Å². The second kappa shape index (κ2) is 33.8. The van der Waals surface area contributed by atoms with Crippen molar-refractivity contribution in [1.29, 1.82) is 0 Å². The van der Waals surface area contributed by atoms with E-state index in [1.807, 2.05) is 40.7 Å². The summed E-state index contributed by atoms with van der Waals surface area (Å²) in [6, 6.07) is -3.19. The third-order valence-electron chi connectivity index (χ3n) is 16.6. The molecule has 4 fully saturated rings. The number of ether oxygens (including phenoxy) is 10. The average Bonchev–Trinajstić information content (AvgIpc) is 1.37. The molecule has 2 saturated heterocycles. The molecule has 25 nitrogen and oxygen atoms in total. The Bertz CT molecular complexity index is 2160. The van der Waals surface area contributed by atoms with E-state index >= 15 is 0 Å². The molecule has 6 aliphatic rings. The van der Waals surface area contributed by atoms with Crippen LogP contribution in [0.4, 0.5) is 9.59 Å². The molecular weight excluding hydrogens is 1130 g/mol. The summed E-state index contributed by atoms with van der Waals surface area (Å²) in [6.45, 7) is 26.0. The lowest BCUT2D eigenvalue weighted by Gasteiger charge is -2.50. The van der Waals surface area contributed by atoms with Crippen LogP contribution in [0.5, 0.6) is 0 Å². The number of aliphatic hydroxyl groups excluding tert-OH is 4. The second-order valence-electron chi connectivity index (χ2n) is 26.8. The highest BCUT2D eigenvalue weighted by molar-refractivity contribution is 5.69. The van der Waals surface area contributed by atoms with Gasteiger partial charge in [0.2, 0.25) is 12.6 Å². The van der Waals surface area contributed by atoms with Crippen LogP contribution < -0.4 is 21.7 Å². The van der Waals surface area contributed by atoms with Crippen molar-refractivity contribution in [2.75, 3.05) is 47.9 Å². The molecule has 4 heterocycles. The molecule has 25 heteroatoms. The van der Waals surface area contributed by atoms with Crippen molar-refractivity contribution in [3.63, 3.8) is 0 Å². The van der Waals surface area contributed by atoms with Crippen molar-refractivity contribution in [2.24, 2.45) is 17.6 Å². The van der Waals surface area contributed by atoms with Gasteiger partial charge in [-0.2, -0.15) is 0 Å². The van der Waals surface area contributed by atoms with Crippen LogP contribution in [-0.4, -0.2) is 240 Å². The lowest BCUT2D eigenvalue weighted by Crippen LogP contribution is -2.69. The van der Waals surface area contributed by atoms with Crippen molar-refractivity contribution >= 4 is 18.5 Å². The molecule has 0 bridgehead atoms. The van der Waals surface area contributed by atoms with Crippen molar-refractivity contribution in [3.05, 3.63) is 23.7 Å². The first-order valence-corrected chi connectivity index (χ1v) is 31.6. The first-order valence-electron chi connectivity index (χ1n) is 31.6. The molecule has 87 heavy (non-hydrogen) atoms. The van der Waals surface area contributed by atoms with Crippen LogP contribution in [0.1, 0.15) is 161 Å². The van der Waals surface area contributed by atoms with E-state index in [1.54, 1.807) is 55.6 Å². The van der Waals surface area contributed by atoms with E-state index in [9.17, 15) is 45.0 Å². The van der Waals surface area contributed by atoms with Gasteiger partial charge >= 0.3 is 12.2 Å². The fraction of sp³-hybridized carbons (Fsp3) is 0.887. The Kier molecular flexibility index (Phi) is 29.6. The quantitative estimate of drug-likeness (QED) is 0.0607. The Labute approximate surface area is 517 Å². The zero-order chi connectivity index (χ0) is 65.5. The number of hydrogen-bond donors (Lipinski definition) is 10. The largest absolute Gasteiger partial charge is 0.468 e. The molecule has 0 radical (unpaired) electrons. The van der Waals surface area contributed by atoms with E-state index in [0.29, 0.717) is 32.1 Å². The van der Waals surface area contributed by atoms with Crippen molar-refractivity contribution in [1.82, 2.24) is 25.8 Å². The third-order valence-corrected chi connectivity index (χ3v) is 16.6. The van der Waals surface area contributed by atoms with Crippen LogP contribution in [-0.2, 0) is 52.2 Å². The van der Waals surface area contributed by atoms with E-state index in [1.165, 1.54) is 32.8 Å². The van der Waals surface area contributed by atoms with Gasteiger partial charge in [-0.1, -0.05) is 48.0 Å². The Balaban J connectivity index is 0.000000347. The Morgan fingerprint density at radius 3 is 1.41 bits per heavy atom. The van der Waals surface area contributed by atoms with Gasteiger partial charge in [-0.05, 0) is 139 Å². The van der Waals surface area contributed by atoms with E-state index in [2.05, 4.69) is 29.0 Å². The summed E-state index contributed by atoms with van der Waals surface area (Å²) >= 11 is 0. The van der Waals surface area contributed by atoms with Gasteiger partial charge in [-0.15, -0.1) is 0 Å². The summed E-state index contributed by atoms with van der Waals surface area (Å²) in [4.78, 5) is 37.4. The molecule has 22 atom stereocenters. The van der Waals surface area contributed by atoms with Crippen molar-refractivity contribution in [3.8, 4) is 0 Å². The van der Waals surface area contributed by atoms with Crippen LogP contribution in [0.25, 0.3) is 0 Å². The monoisotopic (exact) mass is 1250 g/mol. The zero-order valence-corrected chi connectivity index (χ0v) is 55.4. The number of nitrogens with zero attached hydrogens (tertiary/aromatic N) is 2. The van der Waals surface area contributed by atoms with Gasteiger partial charge in [0.05, 0.1) is 61.1 Å². The maximum atomic E-state index is 12.9. The second-order valence-corrected chi connectivity index (χ2v) is 26.8. The molecule has 2 aliphatic carbocycles. The summed E-state index contributed by atoms with van der Waals surface area (Å²) in [5.41, 5.74) is 1.56. The van der Waals surface area contributed by atoms with Gasteiger partial charge < -0.3 is 114 Å². The third kappa shape index (κ3) is 21.1. The number of amides is 2. The molecule has 506 valence electrons. The molecule has 2 unspecified atom stereocenters. The summed E-state index contributed by atoms with van der Waals surface area (Å²) in [5.74, 6) is 1.56. The minimum atomic E-state index is -1.59. The number of nitrogens with one attached hydrogen (secondary N) is 3. The van der Waals surface area contributed by atoms with Crippen LogP contribution in [0.2, 0.25) is 0 Å². The maximum Gasteiger partial charge on any atom is 0.410 e. The molecule has 0 aromatic carbocycles. The number of hydrogen-bond acceptors (Lipinski definition) is 23. The SMILES string of the molecule is CCC1=CC[C@@H](N)[C@@H](OC2[C@@H](C)C[C@@H](NC)[C@H](O[C@H]3OC[C@](C)(O)[C@H](N(C)C(=O)OC(C)(C)C)[C@H]3O)[C@H]2O)O1.CCCC=O.CCCCN[C@@H]1CC=C(CC)O[C@@H]1OC1[C@@H](C)C[C@@H](NC)[C@H](O[C@H]2OC[C@](C)(O)[C@H](N(C)C(=O)OC(C)(C)C)[C@H]2O)[C@H]1O. The van der Waals surface area contributed by atoms with Crippen LogP contribution >= 0.6 is 0 Å². The van der Waals surface area contributed by atoms with Crippen LogP contribution in [0.3, 0.4) is 0 Å². The fourth-order valence-electron chi connectivity index (χ4n) is 11.9. The molecule has 0 spiro atoms. The Morgan fingerprint density at radius 1 is 0.644 bits per heavy atom. The topological polar surface area (TPSA) is 333 Å². The molecule has 4 aliphatic heterocycles. The first-order chi connectivity index (χ1) is 40.6. The van der Waals surface area contributed by atoms with Crippen LogP contribution in [0, 0.1) is 11.8 Å². The number of nitrogens with two attached hydrogens (primary N) is 1. The van der Waals surface area contributed by atoms with Gasteiger partial charge in [0.25, 0.3) is 0 Å². The van der Waals surface area contributed by atoms with Crippen molar-refractivity contribution < 1.29 is 92.4 Å². The minimum absolute atomic E-state index is 0.0350.